The minimum atomic E-state index is -0.589. The van der Waals surface area contributed by atoms with E-state index in [2.05, 4.69) is 53.5 Å². The average molecular weight is 404 g/mol. The molecule has 4 heteroatoms. The first-order chi connectivity index (χ1) is 12.7. The van der Waals surface area contributed by atoms with Gasteiger partial charge in [-0.05, 0) is 58.8 Å². The summed E-state index contributed by atoms with van der Waals surface area (Å²) in [6.07, 6.45) is 4.36. The fourth-order valence-electron chi connectivity index (χ4n) is 4.58. The molecule has 0 fully saturated rings. The van der Waals surface area contributed by atoms with Crippen LogP contribution < -0.4 is 0 Å². The molecular formula is C24H31ClFNO. The fourth-order valence-corrected chi connectivity index (χ4v) is 4.74. The molecule has 1 N–H and O–H groups in total. The monoisotopic (exact) mass is 403 g/mol. The van der Waals surface area contributed by atoms with Gasteiger partial charge in [0, 0.05) is 22.9 Å². The van der Waals surface area contributed by atoms with Crippen molar-refractivity contribution in [3.63, 3.8) is 0 Å². The van der Waals surface area contributed by atoms with Crippen molar-refractivity contribution in [2.75, 3.05) is 0 Å². The molecule has 1 aromatic heterocycles. The molecule has 28 heavy (non-hydrogen) atoms. The molecule has 152 valence electrons. The standard InChI is InChI=1S/C24H31ClFNO/c1-22(2,3)13-14-12-16(15-8-11-27-21(25)19(15)26)20(28)18-17(14)23(4,5)9-10-24(18,6)7/h8,11-12,28H,9-10,13H2,1-7H3. The van der Waals surface area contributed by atoms with E-state index in [1.54, 1.807) is 6.07 Å². The number of rotatable bonds is 2. The van der Waals surface area contributed by atoms with Gasteiger partial charge in [0.15, 0.2) is 11.0 Å². The van der Waals surface area contributed by atoms with Gasteiger partial charge >= 0.3 is 0 Å². The molecule has 0 bridgehead atoms. The number of aromatic nitrogens is 1. The van der Waals surface area contributed by atoms with Gasteiger partial charge in [-0.25, -0.2) is 9.37 Å². The van der Waals surface area contributed by atoms with Crippen molar-refractivity contribution in [2.45, 2.75) is 78.6 Å². The van der Waals surface area contributed by atoms with Gasteiger partial charge in [-0.1, -0.05) is 60.1 Å². The van der Waals surface area contributed by atoms with Crippen LogP contribution in [0.2, 0.25) is 5.15 Å². The number of nitrogens with zero attached hydrogens (tertiary/aromatic N) is 1. The lowest BCUT2D eigenvalue weighted by atomic mass is 9.60. The first kappa shape index (κ1) is 21.1. The first-order valence-electron chi connectivity index (χ1n) is 9.95. The van der Waals surface area contributed by atoms with Crippen molar-refractivity contribution in [1.82, 2.24) is 4.98 Å². The molecule has 1 aliphatic carbocycles. The van der Waals surface area contributed by atoms with Gasteiger partial charge in [-0.15, -0.1) is 0 Å². The average Bonchev–Trinajstić information content (AvgIpc) is 2.54. The normalized spacial score (nSPS) is 18.0. The van der Waals surface area contributed by atoms with Crippen LogP contribution in [0.25, 0.3) is 11.1 Å². The van der Waals surface area contributed by atoms with Gasteiger partial charge in [-0.3, -0.25) is 0 Å². The van der Waals surface area contributed by atoms with Crippen LogP contribution in [0.5, 0.6) is 5.75 Å². The number of aromatic hydroxyl groups is 1. The Hall–Kier alpha value is -1.61. The summed E-state index contributed by atoms with van der Waals surface area (Å²) < 4.78 is 14.8. The molecule has 0 aliphatic heterocycles. The van der Waals surface area contributed by atoms with Crippen LogP contribution in [-0.4, -0.2) is 10.1 Å². The predicted molar refractivity (Wildman–Crippen MR) is 115 cm³/mol. The van der Waals surface area contributed by atoms with Crippen molar-refractivity contribution < 1.29 is 9.50 Å². The van der Waals surface area contributed by atoms with E-state index in [1.165, 1.54) is 17.3 Å². The Morgan fingerprint density at radius 2 is 1.64 bits per heavy atom. The second-order valence-electron chi connectivity index (χ2n) is 10.7. The van der Waals surface area contributed by atoms with E-state index >= 15 is 0 Å². The molecule has 2 aromatic rings. The minimum Gasteiger partial charge on any atom is -0.507 e. The molecule has 0 saturated carbocycles. The van der Waals surface area contributed by atoms with E-state index in [0.29, 0.717) is 11.1 Å². The van der Waals surface area contributed by atoms with E-state index in [-0.39, 0.29) is 27.1 Å². The summed E-state index contributed by atoms with van der Waals surface area (Å²) in [5.74, 6) is -0.416. The smallest absolute Gasteiger partial charge is 0.168 e. The fraction of sp³-hybridized carbons (Fsp3) is 0.542. The molecular weight excluding hydrogens is 373 g/mol. The van der Waals surface area contributed by atoms with Crippen LogP contribution in [0.1, 0.15) is 78.0 Å². The van der Waals surface area contributed by atoms with Crippen molar-refractivity contribution >= 4 is 11.6 Å². The Balaban J connectivity index is 2.42. The maximum Gasteiger partial charge on any atom is 0.168 e. The number of phenolic OH excluding ortho intramolecular Hbond substituents is 1. The third kappa shape index (κ3) is 3.66. The van der Waals surface area contributed by atoms with Gasteiger partial charge in [0.1, 0.15) is 5.75 Å². The first-order valence-corrected chi connectivity index (χ1v) is 10.3. The summed E-state index contributed by atoms with van der Waals surface area (Å²) in [7, 11) is 0. The zero-order valence-corrected chi connectivity index (χ0v) is 18.8. The number of benzene rings is 1. The molecule has 1 heterocycles. The Morgan fingerprint density at radius 1 is 1.07 bits per heavy atom. The molecule has 0 saturated heterocycles. The summed E-state index contributed by atoms with van der Waals surface area (Å²) in [6, 6.07) is 3.56. The number of fused-ring (bicyclic) bond motifs is 1. The molecule has 1 aliphatic rings. The highest BCUT2D eigenvalue weighted by atomic mass is 35.5. The van der Waals surface area contributed by atoms with Gasteiger partial charge in [0.05, 0.1) is 0 Å². The SMILES string of the molecule is CC(C)(C)Cc1cc(-c2ccnc(Cl)c2F)c(O)c2c1C(C)(C)CCC2(C)C. The number of halogens is 2. The van der Waals surface area contributed by atoms with E-state index in [4.69, 9.17) is 11.6 Å². The minimum absolute atomic E-state index is 0.0458. The second-order valence-corrected chi connectivity index (χ2v) is 11.0. The summed E-state index contributed by atoms with van der Waals surface area (Å²) in [4.78, 5) is 3.82. The van der Waals surface area contributed by atoms with E-state index < -0.39 is 5.82 Å². The molecule has 0 radical (unpaired) electrons. The summed E-state index contributed by atoms with van der Waals surface area (Å²) in [6.45, 7) is 15.4. The lowest BCUT2D eigenvalue weighted by Crippen LogP contribution is -2.35. The Labute approximate surface area is 173 Å². The number of pyridine rings is 1. The molecule has 0 amide bonds. The van der Waals surface area contributed by atoms with Gasteiger partial charge in [0.25, 0.3) is 0 Å². The Morgan fingerprint density at radius 3 is 2.21 bits per heavy atom. The van der Waals surface area contributed by atoms with Gasteiger partial charge < -0.3 is 5.11 Å². The zero-order valence-electron chi connectivity index (χ0n) is 18.0. The van der Waals surface area contributed by atoms with Gasteiger partial charge in [0.2, 0.25) is 0 Å². The van der Waals surface area contributed by atoms with Gasteiger partial charge in [-0.2, -0.15) is 0 Å². The lowest BCUT2D eigenvalue weighted by Gasteiger charge is -2.44. The van der Waals surface area contributed by atoms with Crippen molar-refractivity contribution in [3.05, 3.63) is 46.0 Å². The lowest BCUT2D eigenvalue weighted by molar-refractivity contribution is 0.311. The second kappa shape index (κ2) is 6.73. The summed E-state index contributed by atoms with van der Waals surface area (Å²) in [5, 5.41) is 11.2. The molecule has 0 spiro atoms. The third-order valence-corrected chi connectivity index (χ3v) is 6.23. The van der Waals surface area contributed by atoms with Crippen LogP contribution in [0.15, 0.2) is 18.3 Å². The summed E-state index contributed by atoms with van der Waals surface area (Å²) in [5.41, 5.74) is 3.99. The Kier molecular flexibility index (Phi) is 5.07. The number of phenols is 1. The topological polar surface area (TPSA) is 33.1 Å². The largest absolute Gasteiger partial charge is 0.507 e. The van der Waals surface area contributed by atoms with Crippen molar-refractivity contribution in [3.8, 4) is 16.9 Å². The highest BCUT2D eigenvalue weighted by molar-refractivity contribution is 6.29. The van der Waals surface area contributed by atoms with Crippen molar-refractivity contribution in [2.24, 2.45) is 5.41 Å². The van der Waals surface area contributed by atoms with E-state index in [0.717, 1.165) is 24.8 Å². The van der Waals surface area contributed by atoms with Crippen LogP contribution in [0, 0.1) is 11.2 Å². The number of hydrogen-bond donors (Lipinski definition) is 1. The molecule has 1 aromatic carbocycles. The van der Waals surface area contributed by atoms with Crippen LogP contribution in [0.3, 0.4) is 0 Å². The zero-order chi connectivity index (χ0) is 21.1. The molecule has 3 rings (SSSR count). The summed E-state index contributed by atoms with van der Waals surface area (Å²) >= 11 is 5.94. The van der Waals surface area contributed by atoms with E-state index in [9.17, 15) is 9.50 Å². The maximum absolute atomic E-state index is 14.8. The van der Waals surface area contributed by atoms with Crippen LogP contribution in [-0.2, 0) is 17.3 Å². The quantitative estimate of drug-likeness (QED) is 0.538. The molecule has 2 nitrogen and oxygen atoms in total. The predicted octanol–water partition coefficient (Wildman–Crippen LogP) is 7.18. The number of hydrogen-bond acceptors (Lipinski definition) is 2. The third-order valence-electron chi connectivity index (χ3n) is 5.97. The molecule has 0 atom stereocenters. The highest BCUT2D eigenvalue weighted by Gasteiger charge is 2.42. The highest BCUT2D eigenvalue weighted by Crippen LogP contribution is 2.54. The molecule has 0 unspecified atom stereocenters. The van der Waals surface area contributed by atoms with Crippen LogP contribution in [0.4, 0.5) is 4.39 Å². The van der Waals surface area contributed by atoms with Crippen molar-refractivity contribution in [1.29, 1.82) is 0 Å². The Bertz CT molecular complexity index is 925. The van der Waals surface area contributed by atoms with E-state index in [1.807, 2.05) is 6.07 Å². The maximum atomic E-state index is 14.8. The van der Waals surface area contributed by atoms with Crippen LogP contribution >= 0.6 is 11.6 Å².